The Bertz CT molecular complexity index is 8590. The van der Waals surface area contributed by atoms with Gasteiger partial charge in [-0.2, -0.15) is 0 Å². The highest BCUT2D eigenvalue weighted by atomic mass is 16.3. The molecule has 6 heterocycles. The zero-order valence-corrected chi connectivity index (χ0v) is 72.2. The number of fused-ring (bicyclic) bond motifs is 6. The average molecular weight is 1710 g/mol. The molecule has 6 aromatic heterocycles. The zero-order chi connectivity index (χ0) is 88.8. The van der Waals surface area contributed by atoms with Crippen LogP contribution in [0.25, 0.3) is 258 Å². The van der Waals surface area contributed by atoms with Crippen LogP contribution >= 0.6 is 0 Å². The van der Waals surface area contributed by atoms with Crippen molar-refractivity contribution in [3.63, 3.8) is 0 Å². The molecule has 12 nitrogen and oxygen atoms in total. The lowest BCUT2D eigenvalue weighted by Crippen LogP contribution is -2.01. The minimum Gasteiger partial charge on any atom is -0.456 e. The summed E-state index contributed by atoms with van der Waals surface area (Å²) in [6.07, 6.45) is 0. The number of nitrogens with zero attached hydrogens (tertiary/aromatic N) is 10. The van der Waals surface area contributed by atoms with Crippen molar-refractivity contribution in [3.05, 3.63) is 461 Å². The van der Waals surface area contributed by atoms with Gasteiger partial charge in [0, 0.05) is 88.3 Å². The SMILES string of the molecule is c1ccc(-c2ccc(-c3nc(-c4ccc(-c5ccc(-c6cc(-c7ccccc7)cc(-c7nc(-c8cccc(-c9ccccc9)c8)nc(-c8cccc(-c9cccc(-c%10cc(-c%11ccc%12c(c%11)oc%11ccccc%11%12)nc(-c%11ccccc%11)n%10)c9)c8)n7)c6)cc5)cc4)nc(-c4cccc(-c5cccc(-c6cc(-c7ccc8c(c7)oc7ccccc78)nc(-c7ccccc7)n6)c5)c4)n3)cc2)cc1. The minimum absolute atomic E-state index is 0.530. The van der Waals surface area contributed by atoms with E-state index in [1.54, 1.807) is 0 Å². The van der Waals surface area contributed by atoms with Gasteiger partial charge < -0.3 is 8.83 Å². The van der Waals surface area contributed by atoms with E-state index < -0.39 is 0 Å². The van der Waals surface area contributed by atoms with Gasteiger partial charge in [-0.15, -0.1) is 0 Å². The van der Waals surface area contributed by atoms with Gasteiger partial charge in [-0.25, -0.2) is 49.8 Å². The van der Waals surface area contributed by atoms with Crippen molar-refractivity contribution >= 4 is 43.9 Å². The van der Waals surface area contributed by atoms with Gasteiger partial charge in [0.05, 0.1) is 22.8 Å². The standard InChI is InChI=1S/C122H76N10O2/c1-6-25-77(26-7-1)80-53-57-86(58-54-80)117-127-118(129-119(128-117)98-43-23-38-91(68-98)89-36-20-40-93(65-89)107-75-109(125-115(123-107)84-31-12-4-13-32-84)95-61-63-105-103-45-16-18-47-111(103)133-113(105)73-95)87-59-55-82(56-60-87)81-49-51-83(52-50-81)101-70-100(79-29-10-3-11-30-79)71-102(72-101)122-131-120(97-42-22-35-88(67-97)78-27-8-2-9-28-78)130-121(132-122)99-44-24-39-92(69-99)90-37-21-41-94(66-90)108-76-110(126-116(124-108)85-33-14-5-15-34-85)96-62-64-106-104-46-17-19-48-112(104)134-114(106)74-96/h1-76H. The molecular formula is C122H76N10O2. The summed E-state index contributed by atoms with van der Waals surface area (Å²) >= 11 is 0. The molecule has 0 aliphatic carbocycles. The van der Waals surface area contributed by atoms with E-state index in [1.165, 1.54) is 0 Å². The molecule has 626 valence electrons. The summed E-state index contributed by atoms with van der Waals surface area (Å²) in [7, 11) is 0. The van der Waals surface area contributed by atoms with E-state index in [0.717, 1.165) is 211 Å². The van der Waals surface area contributed by atoms with Gasteiger partial charge in [-0.3, -0.25) is 0 Å². The third kappa shape index (κ3) is 15.9. The van der Waals surface area contributed by atoms with Crippen molar-refractivity contribution in [2.24, 2.45) is 0 Å². The van der Waals surface area contributed by atoms with Crippen molar-refractivity contribution in [2.45, 2.75) is 0 Å². The molecule has 0 amide bonds. The van der Waals surface area contributed by atoms with Crippen molar-refractivity contribution < 1.29 is 8.83 Å². The van der Waals surface area contributed by atoms with E-state index in [2.05, 4.69) is 358 Å². The molecule has 12 heteroatoms. The van der Waals surface area contributed by atoms with Gasteiger partial charge in [0.1, 0.15) is 22.3 Å². The van der Waals surface area contributed by atoms with Crippen LogP contribution in [0.5, 0.6) is 0 Å². The first kappa shape index (κ1) is 79.2. The Kier molecular flexibility index (Phi) is 20.3. The largest absolute Gasteiger partial charge is 0.456 e. The summed E-state index contributed by atoms with van der Waals surface area (Å²) in [5.41, 5.74) is 31.6. The second kappa shape index (κ2) is 34.4. The first-order valence-electron chi connectivity index (χ1n) is 44.7. The van der Waals surface area contributed by atoms with Crippen LogP contribution in [0.4, 0.5) is 0 Å². The Labute approximate surface area is 772 Å². The van der Waals surface area contributed by atoms with Crippen molar-refractivity contribution in [1.82, 2.24) is 49.8 Å². The Morgan fingerprint density at radius 3 is 0.657 bits per heavy atom. The molecule has 134 heavy (non-hydrogen) atoms. The lowest BCUT2D eigenvalue weighted by molar-refractivity contribution is 0.668. The molecule has 0 saturated carbocycles. The van der Waals surface area contributed by atoms with Crippen LogP contribution < -0.4 is 0 Å². The van der Waals surface area contributed by atoms with Gasteiger partial charge in [0.2, 0.25) is 0 Å². The highest BCUT2D eigenvalue weighted by molar-refractivity contribution is 6.07. The Morgan fingerprint density at radius 2 is 0.299 bits per heavy atom. The predicted octanol–water partition coefficient (Wildman–Crippen LogP) is 31.1. The normalized spacial score (nSPS) is 11.4. The average Bonchev–Trinajstić information content (AvgIpc) is 1.45. The van der Waals surface area contributed by atoms with E-state index in [1.807, 2.05) is 103 Å². The summed E-state index contributed by atoms with van der Waals surface area (Å²) in [5, 5.41) is 4.27. The van der Waals surface area contributed by atoms with E-state index in [9.17, 15) is 0 Å². The van der Waals surface area contributed by atoms with Crippen LogP contribution in [-0.4, -0.2) is 49.8 Å². The fourth-order valence-corrected chi connectivity index (χ4v) is 17.9. The smallest absolute Gasteiger partial charge is 0.164 e. The highest BCUT2D eigenvalue weighted by Gasteiger charge is 2.23. The Hall–Kier alpha value is -18.3. The number of hydrogen-bond donors (Lipinski definition) is 0. The zero-order valence-electron chi connectivity index (χ0n) is 72.2. The number of rotatable bonds is 19. The first-order valence-corrected chi connectivity index (χ1v) is 44.7. The molecule has 0 fully saturated rings. The second-order valence-electron chi connectivity index (χ2n) is 33.4. The molecule has 0 saturated heterocycles. The van der Waals surface area contributed by atoms with Crippen LogP contribution in [0.2, 0.25) is 0 Å². The summed E-state index contributed by atoms with van der Waals surface area (Å²) in [6, 6.07) is 159. The molecule has 0 unspecified atom stereocenters. The molecular weight excluding hydrogens is 1640 g/mol. The fraction of sp³-hybridized carbons (Fsp3) is 0. The molecule has 0 atom stereocenters. The number of para-hydroxylation sites is 2. The lowest BCUT2D eigenvalue weighted by atomic mass is 9.94. The van der Waals surface area contributed by atoms with Gasteiger partial charge in [-0.1, -0.05) is 364 Å². The Morgan fingerprint density at radius 1 is 0.104 bits per heavy atom. The molecule has 18 aromatic carbocycles. The number of furan rings is 2. The predicted molar refractivity (Wildman–Crippen MR) is 542 cm³/mol. The van der Waals surface area contributed by atoms with Crippen molar-refractivity contribution in [2.75, 3.05) is 0 Å². The summed E-state index contributed by atoms with van der Waals surface area (Å²) in [6.45, 7) is 0. The highest BCUT2D eigenvalue weighted by Crippen LogP contribution is 2.43. The summed E-state index contributed by atoms with van der Waals surface area (Å²) < 4.78 is 12.8. The first-order chi connectivity index (χ1) is 66.3. The topological polar surface area (TPSA) is 155 Å². The van der Waals surface area contributed by atoms with Crippen LogP contribution in [0.15, 0.2) is 470 Å². The third-order valence-corrected chi connectivity index (χ3v) is 24.8. The molecule has 0 radical (unpaired) electrons. The molecule has 0 aliphatic rings. The summed E-state index contributed by atoms with van der Waals surface area (Å²) in [4.78, 5) is 53.1. The number of hydrogen-bond acceptors (Lipinski definition) is 12. The van der Waals surface area contributed by atoms with Crippen LogP contribution in [-0.2, 0) is 0 Å². The molecule has 0 aliphatic heterocycles. The van der Waals surface area contributed by atoms with Crippen LogP contribution in [0.1, 0.15) is 0 Å². The second-order valence-corrected chi connectivity index (χ2v) is 33.4. The van der Waals surface area contributed by atoms with Crippen LogP contribution in [0.3, 0.4) is 0 Å². The quantitative estimate of drug-likeness (QED) is 0.0756. The van der Waals surface area contributed by atoms with Crippen molar-refractivity contribution in [3.8, 4) is 214 Å². The monoisotopic (exact) mass is 1710 g/mol. The lowest BCUT2D eigenvalue weighted by Gasteiger charge is -2.14. The van der Waals surface area contributed by atoms with E-state index >= 15 is 0 Å². The van der Waals surface area contributed by atoms with Gasteiger partial charge in [0.15, 0.2) is 46.6 Å². The van der Waals surface area contributed by atoms with Gasteiger partial charge >= 0.3 is 0 Å². The number of aromatic nitrogens is 10. The molecule has 24 rings (SSSR count). The maximum Gasteiger partial charge on any atom is 0.164 e. The van der Waals surface area contributed by atoms with Crippen molar-refractivity contribution in [1.29, 1.82) is 0 Å². The van der Waals surface area contributed by atoms with E-state index in [0.29, 0.717) is 46.6 Å². The van der Waals surface area contributed by atoms with Gasteiger partial charge in [-0.05, 0) is 175 Å². The fourth-order valence-electron chi connectivity index (χ4n) is 17.9. The summed E-state index contributed by atoms with van der Waals surface area (Å²) in [5.74, 6) is 4.50. The molecule has 0 bridgehead atoms. The van der Waals surface area contributed by atoms with E-state index in [4.69, 9.17) is 58.7 Å². The molecule has 0 N–H and O–H groups in total. The maximum atomic E-state index is 6.40. The minimum atomic E-state index is 0.530. The third-order valence-electron chi connectivity index (χ3n) is 24.8. The molecule has 24 aromatic rings. The van der Waals surface area contributed by atoms with Gasteiger partial charge in [0.25, 0.3) is 0 Å². The number of benzene rings is 18. The maximum absolute atomic E-state index is 6.40. The van der Waals surface area contributed by atoms with E-state index in [-0.39, 0.29) is 0 Å². The Balaban J connectivity index is 0.554. The van der Waals surface area contributed by atoms with Crippen LogP contribution in [0, 0.1) is 0 Å². The molecule has 0 spiro atoms.